The molecule has 0 unspecified atom stereocenters. The van der Waals surface area contributed by atoms with Gasteiger partial charge in [-0.15, -0.1) is 0 Å². The second kappa shape index (κ2) is 4.23. The van der Waals surface area contributed by atoms with Crippen LogP contribution in [-0.4, -0.2) is 0 Å². The Kier molecular flexibility index (Phi) is 3.22. The molecular formula is C8H9IN2. The fraction of sp³-hybridized carbons (Fsp3) is 0. The van der Waals surface area contributed by atoms with Crippen molar-refractivity contribution in [3.8, 4) is 0 Å². The maximum atomic E-state index is 5.70. The van der Waals surface area contributed by atoms with Crippen LogP contribution in [0.2, 0.25) is 0 Å². The Hall–Kier alpha value is -0.710. The van der Waals surface area contributed by atoms with Crippen LogP contribution in [-0.2, 0) is 0 Å². The average Bonchev–Trinajstić information content (AvgIpc) is 2.07. The van der Waals surface area contributed by atoms with Crippen molar-refractivity contribution in [1.29, 1.82) is 0 Å². The summed E-state index contributed by atoms with van der Waals surface area (Å²) in [6.07, 6.45) is 1.76. The molecule has 0 fully saturated rings. The third kappa shape index (κ3) is 2.42. The van der Waals surface area contributed by atoms with E-state index in [0.29, 0.717) is 0 Å². The Morgan fingerprint density at radius 2 is 2.00 bits per heavy atom. The predicted octanol–water partition coefficient (Wildman–Crippen LogP) is 1.88. The van der Waals surface area contributed by atoms with Gasteiger partial charge in [-0.2, -0.15) is 0 Å². The van der Waals surface area contributed by atoms with Crippen LogP contribution in [0.3, 0.4) is 0 Å². The van der Waals surface area contributed by atoms with Crippen LogP contribution in [0.15, 0.2) is 36.5 Å². The number of halogens is 1. The van der Waals surface area contributed by atoms with Crippen LogP contribution < -0.4 is 9.26 Å². The summed E-state index contributed by atoms with van der Waals surface area (Å²) in [5.41, 5.74) is 7.49. The highest BCUT2D eigenvalue weighted by atomic mass is 127. The molecular weight excluding hydrogens is 251 g/mol. The summed E-state index contributed by atoms with van der Waals surface area (Å²) in [7, 11) is 0. The minimum absolute atomic E-state index is 0.750. The van der Waals surface area contributed by atoms with E-state index in [2.05, 4.69) is 3.53 Å². The number of rotatable bonds is 2. The fourth-order valence-corrected chi connectivity index (χ4v) is 1.11. The molecule has 0 aliphatic heterocycles. The number of nitrogens with two attached hydrogens (primary N) is 1. The largest absolute Gasteiger partial charge is 0.397 e. The van der Waals surface area contributed by atoms with Gasteiger partial charge in [-0.3, -0.25) is 0 Å². The van der Waals surface area contributed by atoms with Crippen molar-refractivity contribution in [2.75, 3.05) is 0 Å². The standard InChI is InChI=1S/C8H9IN2/c9-11-6-8(10)7-4-2-1-3-5-7/h1-6,11H,10H2/b8-6-. The van der Waals surface area contributed by atoms with Crippen LogP contribution in [0.25, 0.3) is 5.70 Å². The van der Waals surface area contributed by atoms with Gasteiger partial charge < -0.3 is 9.26 Å². The highest BCUT2D eigenvalue weighted by Gasteiger charge is 1.91. The van der Waals surface area contributed by atoms with Crippen molar-refractivity contribution in [3.05, 3.63) is 42.1 Å². The van der Waals surface area contributed by atoms with E-state index in [1.807, 2.05) is 53.2 Å². The Balaban J connectivity index is 2.85. The molecule has 1 rings (SSSR count). The van der Waals surface area contributed by atoms with Gasteiger partial charge in [-0.05, 0) is 5.56 Å². The fourth-order valence-electron chi connectivity index (χ4n) is 0.773. The summed E-state index contributed by atoms with van der Waals surface area (Å²) in [5, 5.41) is 0. The Bertz CT molecular complexity index is 244. The predicted molar refractivity (Wildman–Crippen MR) is 55.8 cm³/mol. The first kappa shape index (κ1) is 8.39. The van der Waals surface area contributed by atoms with E-state index in [-0.39, 0.29) is 0 Å². The molecule has 58 valence electrons. The summed E-state index contributed by atoms with van der Waals surface area (Å²) in [6, 6.07) is 9.83. The van der Waals surface area contributed by atoms with Crippen LogP contribution >= 0.6 is 22.9 Å². The quantitative estimate of drug-likeness (QED) is 0.629. The number of nitrogens with one attached hydrogen (secondary N) is 1. The molecule has 0 saturated heterocycles. The summed E-state index contributed by atoms with van der Waals surface area (Å²) in [6.45, 7) is 0. The average molecular weight is 260 g/mol. The molecule has 0 heterocycles. The van der Waals surface area contributed by atoms with Crippen LogP contribution in [0.4, 0.5) is 0 Å². The van der Waals surface area contributed by atoms with E-state index >= 15 is 0 Å². The van der Waals surface area contributed by atoms with Crippen molar-refractivity contribution < 1.29 is 0 Å². The summed E-state index contributed by atoms with van der Waals surface area (Å²) in [4.78, 5) is 0. The van der Waals surface area contributed by atoms with E-state index in [9.17, 15) is 0 Å². The molecule has 2 nitrogen and oxygen atoms in total. The number of hydrogen-bond acceptors (Lipinski definition) is 2. The maximum absolute atomic E-state index is 5.70. The maximum Gasteiger partial charge on any atom is 0.0556 e. The van der Waals surface area contributed by atoms with Crippen LogP contribution in [0.1, 0.15) is 5.56 Å². The van der Waals surface area contributed by atoms with Gasteiger partial charge in [-0.25, -0.2) is 0 Å². The van der Waals surface area contributed by atoms with Gasteiger partial charge in [0, 0.05) is 6.20 Å². The van der Waals surface area contributed by atoms with E-state index < -0.39 is 0 Å². The second-order valence-corrected chi connectivity index (χ2v) is 2.70. The minimum Gasteiger partial charge on any atom is -0.397 e. The molecule has 0 spiro atoms. The van der Waals surface area contributed by atoms with Crippen molar-refractivity contribution in [3.63, 3.8) is 0 Å². The smallest absolute Gasteiger partial charge is 0.0556 e. The van der Waals surface area contributed by atoms with E-state index in [1.165, 1.54) is 0 Å². The topological polar surface area (TPSA) is 38.0 Å². The number of hydrogen-bond donors (Lipinski definition) is 2. The van der Waals surface area contributed by atoms with Gasteiger partial charge >= 0.3 is 0 Å². The Labute approximate surface area is 80.0 Å². The lowest BCUT2D eigenvalue weighted by molar-refractivity contribution is 1.42. The minimum atomic E-state index is 0.750. The molecule has 0 radical (unpaired) electrons. The molecule has 0 atom stereocenters. The molecule has 0 aliphatic carbocycles. The van der Waals surface area contributed by atoms with Gasteiger partial charge in [0.2, 0.25) is 0 Å². The molecule has 1 aromatic rings. The molecule has 3 heteroatoms. The van der Waals surface area contributed by atoms with Crippen LogP contribution in [0, 0.1) is 0 Å². The van der Waals surface area contributed by atoms with E-state index in [1.54, 1.807) is 6.20 Å². The van der Waals surface area contributed by atoms with Crippen molar-refractivity contribution in [2.24, 2.45) is 5.73 Å². The lowest BCUT2D eigenvalue weighted by Gasteiger charge is -1.98. The van der Waals surface area contributed by atoms with Gasteiger partial charge in [0.25, 0.3) is 0 Å². The lowest BCUT2D eigenvalue weighted by Crippen LogP contribution is -1.99. The van der Waals surface area contributed by atoms with Crippen molar-refractivity contribution in [2.45, 2.75) is 0 Å². The molecule has 0 bridgehead atoms. The van der Waals surface area contributed by atoms with Crippen molar-refractivity contribution >= 4 is 28.6 Å². The SMILES string of the molecule is N/C(=C\NI)c1ccccc1. The van der Waals surface area contributed by atoms with Gasteiger partial charge in [0.1, 0.15) is 0 Å². The van der Waals surface area contributed by atoms with Crippen molar-refractivity contribution in [1.82, 2.24) is 3.53 Å². The molecule has 3 N–H and O–H groups in total. The molecule has 0 aromatic heterocycles. The lowest BCUT2D eigenvalue weighted by atomic mass is 10.2. The third-order valence-corrected chi connectivity index (χ3v) is 1.63. The van der Waals surface area contributed by atoms with E-state index in [4.69, 9.17) is 5.73 Å². The monoisotopic (exact) mass is 260 g/mol. The summed E-state index contributed by atoms with van der Waals surface area (Å²) in [5.74, 6) is 0. The molecule has 0 saturated carbocycles. The first-order valence-electron chi connectivity index (χ1n) is 3.22. The molecule has 11 heavy (non-hydrogen) atoms. The Morgan fingerprint density at radius 3 is 2.55 bits per heavy atom. The third-order valence-electron chi connectivity index (χ3n) is 1.32. The van der Waals surface area contributed by atoms with Gasteiger partial charge in [0.05, 0.1) is 28.6 Å². The zero-order valence-corrected chi connectivity index (χ0v) is 8.08. The second-order valence-electron chi connectivity index (χ2n) is 2.07. The first-order valence-corrected chi connectivity index (χ1v) is 4.29. The summed E-state index contributed by atoms with van der Waals surface area (Å²) < 4.78 is 2.85. The van der Waals surface area contributed by atoms with E-state index in [0.717, 1.165) is 11.3 Å². The highest BCUT2D eigenvalue weighted by Crippen LogP contribution is 2.06. The molecule has 0 amide bonds. The normalized spacial score (nSPS) is 11.2. The zero-order valence-electron chi connectivity index (χ0n) is 5.92. The Morgan fingerprint density at radius 1 is 1.36 bits per heavy atom. The zero-order chi connectivity index (χ0) is 8.10. The highest BCUT2D eigenvalue weighted by molar-refractivity contribution is 14.1. The van der Waals surface area contributed by atoms with Gasteiger partial charge in [-0.1, -0.05) is 30.3 Å². The molecule has 1 aromatic carbocycles. The first-order chi connectivity index (χ1) is 5.34. The molecule has 0 aliphatic rings. The summed E-state index contributed by atoms with van der Waals surface area (Å²) >= 11 is 2.02. The number of benzene rings is 1. The van der Waals surface area contributed by atoms with Gasteiger partial charge in [0.15, 0.2) is 0 Å². The van der Waals surface area contributed by atoms with Crippen LogP contribution in [0.5, 0.6) is 0 Å².